The highest BCUT2D eigenvalue weighted by Gasteiger charge is 2.46. The summed E-state index contributed by atoms with van der Waals surface area (Å²) in [4.78, 5) is 13.1. The van der Waals surface area contributed by atoms with E-state index in [-0.39, 0.29) is 12.0 Å². The number of hydrogen-bond donors (Lipinski definition) is 1. The number of hydrogen-bond acceptors (Lipinski definition) is 6. The van der Waals surface area contributed by atoms with Gasteiger partial charge in [0.2, 0.25) is 11.8 Å². The minimum atomic E-state index is -0.888. The van der Waals surface area contributed by atoms with Gasteiger partial charge < -0.3 is 15.2 Å². The van der Waals surface area contributed by atoms with Crippen LogP contribution in [0.2, 0.25) is 0 Å². The summed E-state index contributed by atoms with van der Waals surface area (Å²) >= 11 is 0. The van der Waals surface area contributed by atoms with Gasteiger partial charge in [-0.05, 0) is 40.8 Å². The predicted molar refractivity (Wildman–Crippen MR) is 116 cm³/mol. The summed E-state index contributed by atoms with van der Waals surface area (Å²) in [6.45, 7) is 7.05. The maximum atomic E-state index is 13.7. The monoisotopic (exact) mass is 418 g/mol. The molecule has 158 valence electrons. The van der Waals surface area contributed by atoms with Crippen molar-refractivity contribution in [2.24, 2.45) is 10.7 Å². The molecule has 2 N–H and O–H groups in total. The molecule has 0 amide bonds. The summed E-state index contributed by atoms with van der Waals surface area (Å²) in [5.74, 6) is 0.977. The van der Waals surface area contributed by atoms with Crippen LogP contribution < -0.4 is 10.5 Å². The van der Waals surface area contributed by atoms with Gasteiger partial charge in [-0.3, -0.25) is 4.99 Å². The molecule has 0 saturated carbocycles. The van der Waals surface area contributed by atoms with E-state index in [0.717, 1.165) is 22.3 Å². The van der Waals surface area contributed by atoms with Crippen molar-refractivity contribution in [3.63, 3.8) is 0 Å². The average molecular weight is 418 g/mol. The van der Waals surface area contributed by atoms with Gasteiger partial charge in [-0.1, -0.05) is 26.8 Å². The molecule has 0 unspecified atom stereocenters. The van der Waals surface area contributed by atoms with Gasteiger partial charge in [-0.2, -0.15) is 4.39 Å². The lowest BCUT2D eigenvalue weighted by molar-refractivity contribution is 0.109. The molecule has 0 aliphatic carbocycles. The minimum Gasteiger partial charge on any atom is -0.438 e. The van der Waals surface area contributed by atoms with Gasteiger partial charge in [0.05, 0.1) is 6.61 Å². The Morgan fingerprint density at radius 1 is 1.03 bits per heavy atom. The number of ether oxygens (including phenoxy) is 2. The number of pyridine rings is 2. The summed E-state index contributed by atoms with van der Waals surface area (Å²) in [6, 6.07) is 11.2. The Morgan fingerprint density at radius 2 is 1.87 bits per heavy atom. The van der Waals surface area contributed by atoms with Crippen LogP contribution in [-0.4, -0.2) is 29.0 Å². The van der Waals surface area contributed by atoms with Gasteiger partial charge in [0, 0.05) is 35.2 Å². The fourth-order valence-corrected chi connectivity index (χ4v) is 4.12. The van der Waals surface area contributed by atoms with Gasteiger partial charge >= 0.3 is 0 Å². The molecule has 0 bridgehead atoms. The normalized spacial score (nSPS) is 19.9. The van der Waals surface area contributed by atoms with E-state index < -0.39 is 11.5 Å². The highest BCUT2D eigenvalue weighted by Crippen LogP contribution is 2.51. The van der Waals surface area contributed by atoms with Crippen molar-refractivity contribution in [3.05, 3.63) is 71.4 Å². The Kier molecular flexibility index (Phi) is 4.34. The van der Waals surface area contributed by atoms with Gasteiger partial charge in [-0.25, -0.2) is 9.97 Å². The van der Waals surface area contributed by atoms with Gasteiger partial charge in [0.15, 0.2) is 0 Å². The quantitative estimate of drug-likeness (QED) is 0.595. The first-order chi connectivity index (χ1) is 14.8. The molecule has 0 saturated heterocycles. The average Bonchev–Trinajstić information content (AvgIpc) is 2.73. The first-order valence-corrected chi connectivity index (χ1v) is 10.1. The molecule has 6 nitrogen and oxygen atoms in total. The van der Waals surface area contributed by atoms with Gasteiger partial charge in [0.25, 0.3) is 0 Å². The second-order valence-electron chi connectivity index (χ2n) is 8.96. The second kappa shape index (κ2) is 6.85. The summed E-state index contributed by atoms with van der Waals surface area (Å²) in [6.07, 6.45) is 3.09. The molecule has 5 rings (SSSR count). The number of aromatic nitrogens is 2. The van der Waals surface area contributed by atoms with Crippen LogP contribution in [0.15, 0.2) is 53.8 Å². The zero-order chi connectivity index (χ0) is 21.8. The molecule has 2 aliphatic rings. The van der Waals surface area contributed by atoms with Crippen LogP contribution in [0.1, 0.15) is 37.5 Å². The maximum Gasteiger partial charge on any atom is 0.225 e. The molecule has 1 spiro atoms. The number of fused-ring (bicyclic) bond motifs is 4. The van der Waals surface area contributed by atoms with Crippen molar-refractivity contribution < 1.29 is 13.9 Å². The number of benzene rings is 1. The van der Waals surface area contributed by atoms with Crippen LogP contribution >= 0.6 is 0 Å². The highest BCUT2D eigenvalue weighted by atomic mass is 19.1. The largest absolute Gasteiger partial charge is 0.438 e. The number of amidine groups is 1. The third-order valence-corrected chi connectivity index (χ3v) is 5.75. The van der Waals surface area contributed by atoms with Crippen LogP contribution in [0.4, 0.5) is 4.39 Å². The SMILES string of the molecule is CC(C)(C)c1ccc2c(c1)[C@@]1(COCC(N)=N1)c1cc(-c3ccnc(F)c3)cnc1O2. The van der Waals surface area contributed by atoms with Crippen LogP contribution in [0, 0.1) is 5.95 Å². The van der Waals surface area contributed by atoms with E-state index in [9.17, 15) is 4.39 Å². The van der Waals surface area contributed by atoms with Crippen LogP contribution in [0.3, 0.4) is 0 Å². The van der Waals surface area contributed by atoms with E-state index in [1.807, 2.05) is 12.1 Å². The van der Waals surface area contributed by atoms with Crippen molar-refractivity contribution in [2.45, 2.75) is 31.7 Å². The first-order valence-electron chi connectivity index (χ1n) is 10.1. The fraction of sp³-hybridized carbons (Fsp3) is 0.292. The van der Waals surface area contributed by atoms with E-state index in [2.05, 4.69) is 42.9 Å². The molecule has 2 aromatic heterocycles. The number of rotatable bonds is 1. The number of nitrogens with zero attached hydrogens (tertiary/aromatic N) is 3. The predicted octanol–water partition coefficient (Wildman–Crippen LogP) is 4.32. The number of halogens is 1. The zero-order valence-electron chi connectivity index (χ0n) is 17.6. The third-order valence-electron chi connectivity index (χ3n) is 5.75. The molecule has 1 aromatic carbocycles. The van der Waals surface area contributed by atoms with Crippen molar-refractivity contribution in [2.75, 3.05) is 13.2 Å². The Labute approximate surface area is 180 Å². The van der Waals surface area contributed by atoms with Crippen molar-refractivity contribution in [1.29, 1.82) is 0 Å². The van der Waals surface area contributed by atoms with E-state index in [4.69, 9.17) is 20.2 Å². The maximum absolute atomic E-state index is 13.7. The highest BCUT2D eigenvalue weighted by molar-refractivity contribution is 5.84. The molecule has 7 heteroatoms. The fourth-order valence-electron chi connectivity index (χ4n) is 4.12. The molecular weight excluding hydrogens is 395 g/mol. The minimum absolute atomic E-state index is 0.0596. The van der Waals surface area contributed by atoms with Gasteiger partial charge in [0.1, 0.15) is 23.7 Å². The van der Waals surface area contributed by atoms with Crippen LogP contribution in [-0.2, 0) is 15.7 Å². The topological polar surface area (TPSA) is 82.6 Å². The Bertz CT molecular complexity index is 1220. The summed E-state index contributed by atoms with van der Waals surface area (Å²) in [7, 11) is 0. The summed E-state index contributed by atoms with van der Waals surface area (Å²) < 4.78 is 25.8. The van der Waals surface area contributed by atoms with Crippen LogP contribution in [0.25, 0.3) is 11.1 Å². The molecular formula is C24H23FN4O2. The van der Waals surface area contributed by atoms with Crippen LogP contribution in [0.5, 0.6) is 11.6 Å². The van der Waals surface area contributed by atoms with E-state index >= 15 is 0 Å². The van der Waals surface area contributed by atoms with Crippen molar-refractivity contribution in [3.8, 4) is 22.8 Å². The molecule has 31 heavy (non-hydrogen) atoms. The molecule has 3 aromatic rings. The molecule has 4 heterocycles. The summed E-state index contributed by atoms with van der Waals surface area (Å²) in [5, 5.41) is 0. The Hall–Kier alpha value is -3.32. The molecule has 2 aliphatic heterocycles. The van der Waals surface area contributed by atoms with Crippen molar-refractivity contribution in [1.82, 2.24) is 9.97 Å². The second-order valence-corrected chi connectivity index (χ2v) is 8.96. The third kappa shape index (κ3) is 3.25. The first kappa shape index (κ1) is 19.6. The molecule has 0 radical (unpaired) electrons. The standard InChI is InChI=1S/C24H23FN4O2/c1-23(2,3)16-4-5-19-17(10-16)24(13-30-12-21(26)29-24)18-8-15(11-28-22(18)31-19)14-6-7-27-20(25)9-14/h4-11H,12-13H2,1-3H3,(H2,26,29)/t24-/m0/s1. The number of nitrogens with two attached hydrogens (primary N) is 1. The zero-order valence-corrected chi connectivity index (χ0v) is 17.6. The lowest BCUT2D eigenvalue weighted by atomic mass is 9.77. The van der Waals surface area contributed by atoms with E-state index in [1.54, 1.807) is 12.3 Å². The lowest BCUT2D eigenvalue weighted by Gasteiger charge is -2.39. The molecule has 0 fully saturated rings. The van der Waals surface area contributed by atoms with E-state index in [0.29, 0.717) is 29.6 Å². The van der Waals surface area contributed by atoms with E-state index in [1.165, 1.54) is 12.3 Å². The Morgan fingerprint density at radius 3 is 2.61 bits per heavy atom. The Balaban J connectivity index is 1.75. The number of aliphatic imine (C=N–C) groups is 1. The van der Waals surface area contributed by atoms with Gasteiger partial charge in [-0.15, -0.1) is 0 Å². The van der Waals surface area contributed by atoms with Crippen molar-refractivity contribution >= 4 is 5.84 Å². The molecule has 1 atom stereocenters. The summed E-state index contributed by atoms with van der Waals surface area (Å²) in [5.41, 5.74) is 9.38. The smallest absolute Gasteiger partial charge is 0.225 e. The lowest BCUT2D eigenvalue weighted by Crippen LogP contribution is -2.42.